The number of hydrogen-bond donors (Lipinski definition) is 1. The van der Waals surface area contributed by atoms with Crippen LogP contribution in [0.2, 0.25) is 0 Å². The zero-order chi connectivity index (χ0) is 16.5. The highest BCUT2D eigenvalue weighted by molar-refractivity contribution is 7.90. The molecule has 1 aliphatic rings. The Morgan fingerprint density at radius 3 is 2.55 bits per heavy atom. The highest BCUT2D eigenvalue weighted by Crippen LogP contribution is 2.34. The molecule has 0 aromatic heterocycles. The lowest BCUT2D eigenvalue weighted by Gasteiger charge is -2.35. The van der Waals surface area contributed by atoms with Gasteiger partial charge in [-0.1, -0.05) is 26.7 Å². The van der Waals surface area contributed by atoms with Gasteiger partial charge in [0.1, 0.15) is 5.69 Å². The van der Waals surface area contributed by atoms with Crippen LogP contribution in [0, 0.1) is 22.0 Å². The summed E-state index contributed by atoms with van der Waals surface area (Å²) in [5, 5.41) is 14.5. The minimum Gasteiger partial charge on any atom is -0.376 e. The summed E-state index contributed by atoms with van der Waals surface area (Å²) in [6, 6.07) is 4.22. The Balaban J connectivity index is 2.33. The molecule has 3 unspecified atom stereocenters. The van der Waals surface area contributed by atoms with Gasteiger partial charge < -0.3 is 5.32 Å². The van der Waals surface area contributed by atoms with Gasteiger partial charge in [-0.05, 0) is 30.4 Å². The summed E-state index contributed by atoms with van der Waals surface area (Å²) in [7, 11) is -3.46. The molecule has 0 heterocycles. The van der Waals surface area contributed by atoms with Gasteiger partial charge in [-0.3, -0.25) is 10.1 Å². The highest BCUT2D eigenvalue weighted by Gasteiger charge is 2.29. The van der Waals surface area contributed by atoms with Crippen molar-refractivity contribution < 1.29 is 13.3 Å². The third-order valence-corrected chi connectivity index (χ3v) is 5.75. The summed E-state index contributed by atoms with van der Waals surface area (Å²) < 4.78 is 23.1. The van der Waals surface area contributed by atoms with E-state index in [2.05, 4.69) is 19.2 Å². The van der Waals surface area contributed by atoms with Crippen molar-refractivity contribution in [2.24, 2.45) is 11.8 Å². The van der Waals surface area contributed by atoms with E-state index < -0.39 is 14.8 Å². The lowest BCUT2D eigenvalue weighted by Crippen LogP contribution is -2.35. The van der Waals surface area contributed by atoms with Crippen LogP contribution in [-0.4, -0.2) is 25.6 Å². The second kappa shape index (κ2) is 6.24. The summed E-state index contributed by atoms with van der Waals surface area (Å²) in [4.78, 5) is 10.7. The van der Waals surface area contributed by atoms with Crippen molar-refractivity contribution in [3.05, 3.63) is 28.3 Å². The molecule has 22 heavy (non-hydrogen) atoms. The molecule has 0 bridgehead atoms. The van der Waals surface area contributed by atoms with Crippen molar-refractivity contribution in [1.82, 2.24) is 0 Å². The molecule has 0 amide bonds. The van der Waals surface area contributed by atoms with Gasteiger partial charge >= 0.3 is 0 Å². The van der Waals surface area contributed by atoms with Gasteiger partial charge in [0.25, 0.3) is 5.69 Å². The summed E-state index contributed by atoms with van der Waals surface area (Å²) >= 11 is 0. The van der Waals surface area contributed by atoms with Crippen LogP contribution in [0.4, 0.5) is 11.4 Å². The predicted octanol–water partition coefficient (Wildman–Crippen LogP) is 3.23. The molecule has 122 valence electrons. The number of benzene rings is 1. The smallest absolute Gasteiger partial charge is 0.293 e. The average Bonchev–Trinajstić information content (AvgIpc) is 2.43. The molecular formula is C15H22N2O4S. The van der Waals surface area contributed by atoms with E-state index in [9.17, 15) is 18.5 Å². The Morgan fingerprint density at radius 1 is 1.27 bits per heavy atom. The number of nitro benzene ring substituents is 1. The van der Waals surface area contributed by atoms with Gasteiger partial charge in [-0.2, -0.15) is 0 Å². The average molecular weight is 326 g/mol. The Hall–Kier alpha value is -1.63. The molecule has 6 nitrogen and oxygen atoms in total. The molecule has 2 rings (SSSR count). The van der Waals surface area contributed by atoms with Crippen molar-refractivity contribution in [2.45, 2.75) is 44.0 Å². The van der Waals surface area contributed by atoms with Crippen LogP contribution in [0.5, 0.6) is 0 Å². The number of sulfone groups is 1. The molecule has 0 aliphatic heterocycles. The maximum absolute atomic E-state index is 11.6. The number of nitrogens with one attached hydrogen (secondary N) is 1. The van der Waals surface area contributed by atoms with E-state index in [1.54, 1.807) is 0 Å². The van der Waals surface area contributed by atoms with E-state index in [4.69, 9.17) is 0 Å². The van der Waals surface area contributed by atoms with Crippen LogP contribution in [0.15, 0.2) is 23.1 Å². The molecule has 0 spiro atoms. The lowest BCUT2D eigenvalue weighted by atomic mass is 9.78. The Bertz CT molecular complexity index is 672. The van der Waals surface area contributed by atoms with Gasteiger partial charge in [-0.25, -0.2) is 8.42 Å². The van der Waals surface area contributed by atoms with E-state index in [-0.39, 0.29) is 16.6 Å². The van der Waals surface area contributed by atoms with E-state index >= 15 is 0 Å². The largest absolute Gasteiger partial charge is 0.376 e. The Kier molecular flexibility index (Phi) is 4.75. The van der Waals surface area contributed by atoms with Gasteiger partial charge in [0.05, 0.1) is 9.82 Å². The normalized spacial score (nSPS) is 25.7. The molecule has 1 aromatic rings. The zero-order valence-electron chi connectivity index (χ0n) is 13.1. The second-order valence-corrected chi connectivity index (χ2v) is 8.24. The monoisotopic (exact) mass is 326 g/mol. The van der Waals surface area contributed by atoms with Gasteiger partial charge in [0.2, 0.25) is 0 Å². The van der Waals surface area contributed by atoms with Crippen molar-refractivity contribution >= 4 is 21.2 Å². The molecule has 1 saturated carbocycles. The first kappa shape index (κ1) is 16.7. The van der Waals surface area contributed by atoms with Crippen LogP contribution >= 0.6 is 0 Å². The predicted molar refractivity (Wildman–Crippen MR) is 85.8 cm³/mol. The molecule has 0 radical (unpaired) electrons. The molecule has 7 heteroatoms. The Labute approximate surface area is 131 Å². The Morgan fingerprint density at radius 2 is 1.95 bits per heavy atom. The molecule has 1 N–H and O–H groups in total. The number of hydrogen-bond acceptors (Lipinski definition) is 5. The minimum atomic E-state index is -3.46. The van der Waals surface area contributed by atoms with E-state index in [1.165, 1.54) is 18.6 Å². The molecular weight excluding hydrogens is 304 g/mol. The first-order valence-corrected chi connectivity index (χ1v) is 9.34. The van der Waals surface area contributed by atoms with E-state index in [0.29, 0.717) is 17.5 Å². The van der Waals surface area contributed by atoms with Crippen molar-refractivity contribution in [1.29, 1.82) is 0 Å². The fourth-order valence-corrected chi connectivity index (χ4v) is 3.64. The molecule has 3 atom stereocenters. The van der Waals surface area contributed by atoms with Gasteiger partial charge in [-0.15, -0.1) is 0 Å². The maximum atomic E-state index is 11.6. The zero-order valence-corrected chi connectivity index (χ0v) is 13.9. The van der Waals surface area contributed by atoms with E-state index in [1.807, 2.05) is 0 Å². The SMILES string of the molecule is CC1CCCC(Nc2ccc(S(C)(=O)=O)cc2[N+](=O)[O-])C1C. The van der Waals surface area contributed by atoms with Gasteiger partial charge in [0, 0.05) is 18.4 Å². The van der Waals surface area contributed by atoms with Crippen molar-refractivity contribution in [2.75, 3.05) is 11.6 Å². The number of nitro groups is 1. The second-order valence-electron chi connectivity index (χ2n) is 6.23. The summed E-state index contributed by atoms with van der Waals surface area (Å²) in [5.41, 5.74) is 0.205. The third-order valence-electron chi connectivity index (χ3n) is 4.64. The third kappa shape index (κ3) is 3.58. The van der Waals surface area contributed by atoms with Crippen LogP contribution in [0.3, 0.4) is 0 Å². The van der Waals surface area contributed by atoms with Crippen molar-refractivity contribution in [3.63, 3.8) is 0 Å². The minimum absolute atomic E-state index is 0.0326. The topological polar surface area (TPSA) is 89.3 Å². The molecule has 1 fully saturated rings. The summed E-state index contributed by atoms with van der Waals surface area (Å²) in [5.74, 6) is 0.989. The summed E-state index contributed by atoms with van der Waals surface area (Å²) in [6.45, 7) is 4.35. The standard InChI is InChI=1S/C15H22N2O4S/c1-10-5-4-6-13(11(10)2)16-14-8-7-12(22(3,20)21)9-15(14)17(18)19/h7-11,13,16H,4-6H2,1-3H3. The van der Waals surface area contributed by atoms with E-state index in [0.717, 1.165) is 25.2 Å². The van der Waals surface area contributed by atoms with Crippen LogP contribution in [-0.2, 0) is 9.84 Å². The highest BCUT2D eigenvalue weighted by atomic mass is 32.2. The summed E-state index contributed by atoms with van der Waals surface area (Å²) in [6.07, 6.45) is 4.29. The van der Waals surface area contributed by atoms with Gasteiger partial charge in [0.15, 0.2) is 9.84 Å². The quantitative estimate of drug-likeness (QED) is 0.677. The molecule has 0 saturated heterocycles. The fraction of sp³-hybridized carbons (Fsp3) is 0.600. The van der Waals surface area contributed by atoms with Crippen LogP contribution in [0.1, 0.15) is 33.1 Å². The van der Waals surface area contributed by atoms with Crippen LogP contribution in [0.25, 0.3) is 0 Å². The number of rotatable bonds is 4. The number of nitrogens with zero attached hydrogens (tertiary/aromatic N) is 1. The molecule has 1 aliphatic carbocycles. The van der Waals surface area contributed by atoms with Crippen molar-refractivity contribution in [3.8, 4) is 0 Å². The maximum Gasteiger partial charge on any atom is 0.293 e. The lowest BCUT2D eigenvalue weighted by molar-refractivity contribution is -0.384. The fourth-order valence-electron chi connectivity index (χ4n) is 3.00. The van der Waals surface area contributed by atoms with Crippen LogP contribution < -0.4 is 5.32 Å². The first-order valence-electron chi connectivity index (χ1n) is 7.45. The molecule has 1 aromatic carbocycles. The first-order chi connectivity index (χ1) is 10.2. The number of anilines is 1.